The molecule has 2 aliphatic heterocycles. The molecule has 2 aromatic carbocycles. The lowest BCUT2D eigenvalue weighted by atomic mass is 9.97. The highest BCUT2D eigenvalue weighted by Crippen LogP contribution is 2.33. The standard InChI is InChI=1S/C23H24N4O5/c1-30-16-3-4-18-17(11-16)21(24-12-14-2-5-19-20(10-14)32-13-31-19)26-23(25-18)27-8-6-15(7-9-27)22(28)29/h2-5,10-11,15H,6-9,12-13H2,1H3,(H,28,29)(H,24,25,26). The molecule has 32 heavy (non-hydrogen) atoms. The molecule has 0 amide bonds. The zero-order valence-corrected chi connectivity index (χ0v) is 17.7. The van der Waals surface area contributed by atoms with Gasteiger partial charge >= 0.3 is 5.97 Å². The van der Waals surface area contributed by atoms with Crippen molar-refractivity contribution in [2.75, 3.05) is 37.2 Å². The van der Waals surface area contributed by atoms with Gasteiger partial charge in [0.2, 0.25) is 12.7 Å². The fourth-order valence-electron chi connectivity index (χ4n) is 4.06. The predicted molar refractivity (Wildman–Crippen MR) is 119 cm³/mol. The molecule has 1 fully saturated rings. The zero-order valence-electron chi connectivity index (χ0n) is 17.7. The van der Waals surface area contributed by atoms with E-state index >= 15 is 0 Å². The van der Waals surface area contributed by atoms with Gasteiger partial charge in [-0.15, -0.1) is 0 Å². The number of carboxylic acids is 1. The highest BCUT2D eigenvalue weighted by molar-refractivity contribution is 5.91. The van der Waals surface area contributed by atoms with Gasteiger partial charge in [0, 0.05) is 25.0 Å². The molecule has 3 heterocycles. The Morgan fingerprint density at radius 1 is 1.16 bits per heavy atom. The van der Waals surface area contributed by atoms with Crippen molar-refractivity contribution >= 4 is 28.6 Å². The van der Waals surface area contributed by atoms with Crippen LogP contribution in [0.3, 0.4) is 0 Å². The number of rotatable bonds is 6. The van der Waals surface area contributed by atoms with E-state index in [1.807, 2.05) is 36.4 Å². The number of benzene rings is 2. The molecule has 0 aliphatic carbocycles. The van der Waals surface area contributed by atoms with Crippen molar-refractivity contribution in [2.24, 2.45) is 5.92 Å². The summed E-state index contributed by atoms with van der Waals surface area (Å²) in [5, 5.41) is 13.6. The first-order valence-corrected chi connectivity index (χ1v) is 10.6. The smallest absolute Gasteiger partial charge is 0.306 e. The van der Waals surface area contributed by atoms with Crippen molar-refractivity contribution in [3.8, 4) is 17.2 Å². The van der Waals surface area contributed by atoms with Crippen LogP contribution in [-0.2, 0) is 11.3 Å². The van der Waals surface area contributed by atoms with Crippen LogP contribution in [0.1, 0.15) is 18.4 Å². The second-order valence-corrected chi connectivity index (χ2v) is 7.90. The summed E-state index contributed by atoms with van der Waals surface area (Å²) < 4.78 is 16.3. The molecule has 2 N–H and O–H groups in total. The summed E-state index contributed by atoms with van der Waals surface area (Å²) in [5.74, 6) is 2.46. The van der Waals surface area contributed by atoms with E-state index in [0.29, 0.717) is 44.2 Å². The molecule has 166 valence electrons. The van der Waals surface area contributed by atoms with Gasteiger partial charge in [0.05, 0.1) is 18.5 Å². The van der Waals surface area contributed by atoms with Gasteiger partial charge in [0.15, 0.2) is 11.5 Å². The van der Waals surface area contributed by atoms with E-state index in [4.69, 9.17) is 24.2 Å². The summed E-state index contributed by atoms with van der Waals surface area (Å²) in [7, 11) is 1.63. The Labute approximate surface area is 184 Å². The second-order valence-electron chi connectivity index (χ2n) is 7.90. The van der Waals surface area contributed by atoms with Gasteiger partial charge in [-0.2, -0.15) is 4.98 Å². The van der Waals surface area contributed by atoms with E-state index < -0.39 is 5.97 Å². The molecular formula is C23H24N4O5. The minimum Gasteiger partial charge on any atom is -0.497 e. The Morgan fingerprint density at radius 2 is 1.97 bits per heavy atom. The Bertz CT molecular complexity index is 1160. The molecule has 5 rings (SSSR count). The van der Waals surface area contributed by atoms with Crippen LogP contribution in [-0.4, -0.2) is 48.0 Å². The Morgan fingerprint density at radius 3 is 2.75 bits per heavy atom. The largest absolute Gasteiger partial charge is 0.497 e. The van der Waals surface area contributed by atoms with E-state index in [0.717, 1.165) is 33.7 Å². The summed E-state index contributed by atoms with van der Waals surface area (Å²) in [5.41, 5.74) is 1.83. The maximum absolute atomic E-state index is 11.3. The fourth-order valence-corrected chi connectivity index (χ4v) is 4.06. The fraction of sp³-hybridized carbons (Fsp3) is 0.348. The summed E-state index contributed by atoms with van der Waals surface area (Å²) in [6.07, 6.45) is 1.17. The molecule has 0 unspecified atom stereocenters. The van der Waals surface area contributed by atoms with Gasteiger partial charge in [-0.25, -0.2) is 4.98 Å². The average molecular weight is 436 g/mol. The van der Waals surface area contributed by atoms with Crippen molar-refractivity contribution in [3.05, 3.63) is 42.0 Å². The monoisotopic (exact) mass is 436 g/mol. The summed E-state index contributed by atoms with van der Waals surface area (Å²) in [6.45, 7) is 2.01. The van der Waals surface area contributed by atoms with E-state index in [2.05, 4.69) is 10.2 Å². The molecule has 0 spiro atoms. The van der Waals surface area contributed by atoms with Crippen LogP contribution >= 0.6 is 0 Å². The SMILES string of the molecule is COc1ccc2nc(N3CCC(C(=O)O)CC3)nc(NCc3ccc4c(c3)OCO4)c2c1. The molecule has 0 radical (unpaired) electrons. The summed E-state index contributed by atoms with van der Waals surface area (Å²) >= 11 is 0. The number of aliphatic carboxylic acids is 1. The van der Waals surface area contributed by atoms with Gasteiger partial charge in [-0.05, 0) is 48.7 Å². The quantitative estimate of drug-likeness (QED) is 0.602. The number of piperidine rings is 1. The highest BCUT2D eigenvalue weighted by Gasteiger charge is 2.26. The minimum absolute atomic E-state index is 0.241. The van der Waals surface area contributed by atoms with E-state index in [1.54, 1.807) is 7.11 Å². The number of methoxy groups -OCH3 is 1. The van der Waals surface area contributed by atoms with Crippen LogP contribution in [0.4, 0.5) is 11.8 Å². The third-order valence-corrected chi connectivity index (χ3v) is 5.92. The van der Waals surface area contributed by atoms with Crippen LogP contribution in [0.2, 0.25) is 0 Å². The van der Waals surface area contributed by atoms with Crippen LogP contribution < -0.4 is 24.4 Å². The number of ether oxygens (including phenoxy) is 3. The zero-order chi connectivity index (χ0) is 22.1. The lowest BCUT2D eigenvalue weighted by Crippen LogP contribution is -2.37. The first kappa shape index (κ1) is 20.2. The lowest BCUT2D eigenvalue weighted by Gasteiger charge is -2.30. The van der Waals surface area contributed by atoms with Gasteiger partial charge in [0.1, 0.15) is 11.6 Å². The number of hydrogen-bond acceptors (Lipinski definition) is 8. The third-order valence-electron chi connectivity index (χ3n) is 5.92. The van der Waals surface area contributed by atoms with Crippen molar-refractivity contribution < 1.29 is 24.1 Å². The molecule has 1 aromatic heterocycles. The van der Waals surface area contributed by atoms with Crippen molar-refractivity contribution in [3.63, 3.8) is 0 Å². The second kappa shape index (κ2) is 8.41. The van der Waals surface area contributed by atoms with Crippen molar-refractivity contribution in [1.29, 1.82) is 0 Å². The molecule has 0 saturated carbocycles. The van der Waals surface area contributed by atoms with Gasteiger partial charge in [-0.1, -0.05) is 6.07 Å². The number of carbonyl (C=O) groups is 1. The maximum atomic E-state index is 11.3. The minimum atomic E-state index is -0.734. The maximum Gasteiger partial charge on any atom is 0.306 e. The lowest BCUT2D eigenvalue weighted by molar-refractivity contribution is -0.142. The van der Waals surface area contributed by atoms with Crippen molar-refractivity contribution in [2.45, 2.75) is 19.4 Å². The topological polar surface area (TPSA) is 106 Å². The van der Waals surface area contributed by atoms with Crippen LogP contribution in [0, 0.1) is 5.92 Å². The number of hydrogen-bond donors (Lipinski definition) is 2. The molecule has 0 bridgehead atoms. The third kappa shape index (κ3) is 3.93. The summed E-state index contributed by atoms with van der Waals surface area (Å²) in [4.78, 5) is 22.9. The molecule has 2 aliphatic rings. The number of carboxylic acid groups (broad SMARTS) is 1. The van der Waals surface area contributed by atoms with Crippen LogP contribution in [0.25, 0.3) is 10.9 Å². The molecule has 0 atom stereocenters. The van der Waals surface area contributed by atoms with E-state index in [-0.39, 0.29) is 12.7 Å². The normalized spacial score (nSPS) is 15.7. The molecule has 9 heteroatoms. The molecule has 1 saturated heterocycles. The first-order chi connectivity index (χ1) is 15.6. The summed E-state index contributed by atoms with van der Waals surface area (Å²) in [6, 6.07) is 11.5. The number of nitrogens with zero attached hydrogens (tertiary/aromatic N) is 3. The van der Waals surface area contributed by atoms with Crippen LogP contribution in [0.5, 0.6) is 17.2 Å². The highest BCUT2D eigenvalue weighted by atomic mass is 16.7. The van der Waals surface area contributed by atoms with Gasteiger partial charge < -0.3 is 29.5 Å². The predicted octanol–water partition coefficient (Wildman–Crippen LogP) is 3.28. The molecule has 9 nitrogen and oxygen atoms in total. The number of aromatic nitrogens is 2. The van der Waals surface area contributed by atoms with Gasteiger partial charge in [-0.3, -0.25) is 4.79 Å². The van der Waals surface area contributed by atoms with E-state index in [9.17, 15) is 9.90 Å². The molecular weight excluding hydrogens is 412 g/mol. The van der Waals surface area contributed by atoms with Crippen molar-refractivity contribution in [1.82, 2.24) is 9.97 Å². The van der Waals surface area contributed by atoms with Gasteiger partial charge in [0.25, 0.3) is 0 Å². The number of fused-ring (bicyclic) bond motifs is 2. The van der Waals surface area contributed by atoms with E-state index in [1.165, 1.54) is 0 Å². The Hall–Kier alpha value is -3.75. The first-order valence-electron chi connectivity index (χ1n) is 10.6. The number of anilines is 2. The number of nitrogens with one attached hydrogen (secondary N) is 1. The van der Waals surface area contributed by atoms with Crippen LogP contribution in [0.15, 0.2) is 36.4 Å². The average Bonchev–Trinajstić information content (AvgIpc) is 3.30. The Kier molecular flexibility index (Phi) is 5.30. The molecule has 3 aromatic rings. The Balaban J connectivity index is 1.43.